The van der Waals surface area contributed by atoms with Crippen LogP contribution in [0.25, 0.3) is 0 Å². The van der Waals surface area contributed by atoms with Gasteiger partial charge in [-0.3, -0.25) is 15.1 Å². The first-order valence-corrected chi connectivity index (χ1v) is 9.23. The Balaban J connectivity index is 1.73. The van der Waals surface area contributed by atoms with Gasteiger partial charge >= 0.3 is 0 Å². The molecule has 1 aromatic heterocycles. The van der Waals surface area contributed by atoms with Crippen LogP contribution in [0, 0.1) is 16.0 Å². The van der Waals surface area contributed by atoms with Crippen molar-refractivity contribution in [3.63, 3.8) is 0 Å². The number of hydrogen-bond donors (Lipinski definition) is 1. The number of non-ortho nitro benzene ring substituents is 1. The molecule has 1 aliphatic carbocycles. The van der Waals surface area contributed by atoms with E-state index in [9.17, 15) is 18.5 Å². The minimum atomic E-state index is -3.57. The molecular formula is C16H17N3O4S. The van der Waals surface area contributed by atoms with Crippen LogP contribution in [0.4, 0.5) is 5.69 Å². The molecule has 1 saturated carbocycles. The fourth-order valence-corrected chi connectivity index (χ4v) is 4.02. The largest absolute Gasteiger partial charge is 0.269 e. The van der Waals surface area contributed by atoms with Gasteiger partial charge in [-0.2, -0.15) is 0 Å². The smallest absolute Gasteiger partial charge is 0.264 e. The standard InChI is InChI=1S/C16H17N3O4S/c20-19(21)15-7-3-12(4-8-15)11-24(22,23)18-16(13-5-6-13)14-2-1-9-17-10-14/h1-4,7-10,13,16,18H,5-6,11H2/t16-/m0/s1. The fraction of sp³-hybridized carbons (Fsp3) is 0.312. The molecule has 0 aliphatic heterocycles. The van der Waals surface area contributed by atoms with Gasteiger partial charge in [0.1, 0.15) is 0 Å². The molecule has 0 amide bonds. The summed E-state index contributed by atoms with van der Waals surface area (Å²) in [5, 5.41) is 10.7. The van der Waals surface area contributed by atoms with Crippen LogP contribution in [-0.4, -0.2) is 18.3 Å². The van der Waals surface area contributed by atoms with Crippen molar-refractivity contribution < 1.29 is 13.3 Å². The topological polar surface area (TPSA) is 102 Å². The van der Waals surface area contributed by atoms with Gasteiger partial charge in [-0.05, 0) is 36.0 Å². The predicted molar refractivity (Wildman–Crippen MR) is 88.6 cm³/mol. The fourth-order valence-electron chi connectivity index (χ4n) is 2.59. The van der Waals surface area contributed by atoms with E-state index >= 15 is 0 Å². The van der Waals surface area contributed by atoms with Crippen LogP contribution in [0.1, 0.15) is 30.0 Å². The van der Waals surface area contributed by atoms with Gasteiger partial charge in [0.25, 0.3) is 5.69 Å². The Morgan fingerprint density at radius 2 is 1.96 bits per heavy atom. The Kier molecular flexibility index (Phi) is 4.59. The number of nitrogens with zero attached hydrogens (tertiary/aromatic N) is 2. The molecule has 3 rings (SSSR count). The molecule has 7 nitrogen and oxygen atoms in total. The first kappa shape index (κ1) is 16.5. The van der Waals surface area contributed by atoms with E-state index in [0.29, 0.717) is 11.5 Å². The van der Waals surface area contributed by atoms with Crippen LogP contribution < -0.4 is 4.72 Å². The first-order valence-electron chi connectivity index (χ1n) is 7.58. The van der Waals surface area contributed by atoms with Gasteiger partial charge in [0.15, 0.2) is 0 Å². The molecule has 24 heavy (non-hydrogen) atoms. The molecule has 1 fully saturated rings. The van der Waals surface area contributed by atoms with E-state index in [4.69, 9.17) is 0 Å². The maximum atomic E-state index is 12.5. The average Bonchev–Trinajstić information content (AvgIpc) is 3.38. The maximum Gasteiger partial charge on any atom is 0.269 e. The van der Waals surface area contributed by atoms with Crippen molar-refractivity contribution in [1.29, 1.82) is 0 Å². The van der Waals surface area contributed by atoms with Gasteiger partial charge in [0.2, 0.25) is 10.0 Å². The molecule has 8 heteroatoms. The Hall–Kier alpha value is -2.32. The zero-order valence-electron chi connectivity index (χ0n) is 12.8. The predicted octanol–water partition coefficient (Wildman–Crippen LogP) is 2.56. The van der Waals surface area contributed by atoms with Crippen molar-refractivity contribution in [3.05, 3.63) is 70.0 Å². The zero-order chi connectivity index (χ0) is 17.2. The van der Waals surface area contributed by atoms with Gasteiger partial charge in [0, 0.05) is 24.5 Å². The molecule has 1 aliphatic rings. The summed E-state index contributed by atoms with van der Waals surface area (Å²) in [4.78, 5) is 14.2. The number of benzene rings is 1. The van der Waals surface area contributed by atoms with E-state index in [0.717, 1.165) is 18.4 Å². The SMILES string of the molecule is O=[N+]([O-])c1ccc(CS(=O)(=O)N[C@H](c2cccnc2)C2CC2)cc1. The van der Waals surface area contributed by atoms with E-state index in [1.165, 1.54) is 24.3 Å². The summed E-state index contributed by atoms with van der Waals surface area (Å²) in [6.45, 7) is 0. The number of nitro groups is 1. The van der Waals surface area contributed by atoms with Crippen LogP contribution >= 0.6 is 0 Å². The Labute approximate surface area is 139 Å². The lowest BCUT2D eigenvalue weighted by Crippen LogP contribution is -2.31. The van der Waals surface area contributed by atoms with Crippen molar-refractivity contribution in [2.75, 3.05) is 0 Å². The Morgan fingerprint density at radius 3 is 2.50 bits per heavy atom. The summed E-state index contributed by atoms with van der Waals surface area (Å²) in [6.07, 6.45) is 5.30. The first-order chi connectivity index (χ1) is 11.4. The van der Waals surface area contributed by atoms with E-state index in [-0.39, 0.29) is 17.5 Å². The number of hydrogen-bond acceptors (Lipinski definition) is 5. The van der Waals surface area contributed by atoms with Crippen LogP contribution in [0.2, 0.25) is 0 Å². The van der Waals surface area contributed by atoms with Gasteiger partial charge in [-0.1, -0.05) is 18.2 Å². The number of aromatic nitrogens is 1. The van der Waals surface area contributed by atoms with E-state index < -0.39 is 14.9 Å². The zero-order valence-corrected chi connectivity index (χ0v) is 13.6. The molecule has 0 saturated heterocycles. The third-order valence-electron chi connectivity index (χ3n) is 3.95. The lowest BCUT2D eigenvalue weighted by atomic mass is 10.1. The quantitative estimate of drug-likeness (QED) is 0.612. The second kappa shape index (κ2) is 6.66. The second-order valence-electron chi connectivity index (χ2n) is 5.90. The van der Waals surface area contributed by atoms with Crippen LogP contribution in [-0.2, 0) is 15.8 Å². The van der Waals surface area contributed by atoms with E-state index in [1.54, 1.807) is 18.5 Å². The molecule has 126 valence electrons. The minimum absolute atomic E-state index is 0.0599. The van der Waals surface area contributed by atoms with Gasteiger partial charge in [-0.15, -0.1) is 0 Å². The third kappa shape index (κ3) is 4.15. The highest BCUT2D eigenvalue weighted by Crippen LogP contribution is 2.41. The van der Waals surface area contributed by atoms with Crippen molar-refractivity contribution in [2.24, 2.45) is 5.92 Å². The van der Waals surface area contributed by atoms with Crippen LogP contribution in [0.15, 0.2) is 48.8 Å². The van der Waals surface area contributed by atoms with Crippen molar-refractivity contribution in [2.45, 2.75) is 24.6 Å². The molecule has 0 bridgehead atoms. The van der Waals surface area contributed by atoms with E-state index in [1.807, 2.05) is 6.07 Å². The van der Waals surface area contributed by atoms with Crippen molar-refractivity contribution >= 4 is 15.7 Å². The molecule has 1 N–H and O–H groups in total. The van der Waals surface area contributed by atoms with Crippen LogP contribution in [0.3, 0.4) is 0 Å². The summed E-state index contributed by atoms with van der Waals surface area (Å²) in [6, 6.07) is 8.93. The molecular weight excluding hydrogens is 330 g/mol. The second-order valence-corrected chi connectivity index (χ2v) is 7.66. The molecule has 1 heterocycles. The number of pyridine rings is 1. The van der Waals surface area contributed by atoms with Gasteiger partial charge in [0.05, 0.1) is 16.7 Å². The Morgan fingerprint density at radius 1 is 1.25 bits per heavy atom. The number of rotatable bonds is 7. The maximum absolute atomic E-state index is 12.5. The molecule has 0 spiro atoms. The highest BCUT2D eigenvalue weighted by Gasteiger charge is 2.35. The van der Waals surface area contributed by atoms with Gasteiger partial charge in [-0.25, -0.2) is 13.1 Å². The molecule has 0 radical (unpaired) electrons. The minimum Gasteiger partial charge on any atom is -0.264 e. The summed E-state index contributed by atoms with van der Waals surface area (Å²) < 4.78 is 27.7. The monoisotopic (exact) mass is 347 g/mol. The Bertz CT molecular complexity index is 818. The normalized spacial score (nSPS) is 15.8. The summed E-state index contributed by atoms with van der Waals surface area (Å²) in [7, 11) is -3.57. The lowest BCUT2D eigenvalue weighted by Gasteiger charge is -2.18. The van der Waals surface area contributed by atoms with E-state index in [2.05, 4.69) is 9.71 Å². The summed E-state index contributed by atoms with van der Waals surface area (Å²) in [5.41, 5.74) is 1.30. The third-order valence-corrected chi connectivity index (χ3v) is 5.27. The van der Waals surface area contributed by atoms with Crippen LogP contribution in [0.5, 0.6) is 0 Å². The summed E-state index contributed by atoms with van der Waals surface area (Å²) in [5.74, 6) is 0.0786. The lowest BCUT2D eigenvalue weighted by molar-refractivity contribution is -0.384. The molecule has 1 atom stereocenters. The molecule has 1 aromatic carbocycles. The molecule has 0 unspecified atom stereocenters. The number of nitro benzene ring substituents is 1. The highest BCUT2D eigenvalue weighted by molar-refractivity contribution is 7.88. The van der Waals surface area contributed by atoms with Crippen molar-refractivity contribution in [3.8, 4) is 0 Å². The highest BCUT2D eigenvalue weighted by atomic mass is 32.2. The van der Waals surface area contributed by atoms with Gasteiger partial charge < -0.3 is 0 Å². The number of nitrogens with one attached hydrogen (secondary N) is 1. The molecule has 2 aromatic rings. The average molecular weight is 347 g/mol. The number of sulfonamides is 1. The van der Waals surface area contributed by atoms with Crippen molar-refractivity contribution in [1.82, 2.24) is 9.71 Å². The summed E-state index contributed by atoms with van der Waals surface area (Å²) >= 11 is 0.